The van der Waals surface area contributed by atoms with E-state index in [0.29, 0.717) is 13.0 Å². The Bertz CT molecular complexity index is 1260. The molecule has 1 aliphatic heterocycles. The molecule has 1 aliphatic carbocycles. The Morgan fingerprint density at radius 3 is 2.35 bits per heavy atom. The number of benzene rings is 2. The summed E-state index contributed by atoms with van der Waals surface area (Å²) in [6, 6.07) is 20.5. The molecular weight excluding hydrogens is 580 g/mol. The molecule has 2 amide bonds. The van der Waals surface area contributed by atoms with Gasteiger partial charge in [-0.2, -0.15) is 0 Å². The number of rotatable bonds is 14. The fourth-order valence-electron chi connectivity index (χ4n) is 6.53. The summed E-state index contributed by atoms with van der Waals surface area (Å²) in [5.74, 6) is -1.35. The Morgan fingerprint density at radius 2 is 1.63 bits per heavy atom. The highest BCUT2D eigenvalue weighted by Crippen LogP contribution is 2.35. The van der Waals surface area contributed by atoms with E-state index >= 15 is 0 Å². The van der Waals surface area contributed by atoms with E-state index in [9.17, 15) is 14.4 Å². The molecule has 5 atom stereocenters. The second-order valence-electron chi connectivity index (χ2n) is 14.3. The quantitative estimate of drug-likeness (QED) is 0.231. The smallest absolute Gasteiger partial charge is 0.307 e. The minimum absolute atomic E-state index is 0.0399. The van der Waals surface area contributed by atoms with Gasteiger partial charge >= 0.3 is 5.97 Å². The highest BCUT2D eigenvalue weighted by atomic mass is 16.7. The molecule has 46 heavy (non-hydrogen) atoms. The second-order valence-corrected chi connectivity index (χ2v) is 14.3. The van der Waals surface area contributed by atoms with Crippen LogP contribution in [-0.4, -0.2) is 55.0 Å². The van der Waals surface area contributed by atoms with Crippen LogP contribution in [0, 0.1) is 11.3 Å². The van der Waals surface area contributed by atoms with Gasteiger partial charge < -0.3 is 24.8 Å². The molecule has 1 heterocycles. The first-order chi connectivity index (χ1) is 21.9. The molecule has 252 valence electrons. The number of esters is 1. The van der Waals surface area contributed by atoms with E-state index in [1.165, 1.54) is 11.1 Å². The minimum atomic E-state index is -0.850. The molecule has 0 radical (unpaired) electrons. The van der Waals surface area contributed by atoms with Crippen molar-refractivity contribution in [3.05, 3.63) is 71.8 Å². The zero-order valence-electron chi connectivity index (χ0n) is 28.4. The lowest BCUT2D eigenvalue weighted by Gasteiger charge is -2.44. The summed E-state index contributed by atoms with van der Waals surface area (Å²) >= 11 is 0. The predicted molar refractivity (Wildman–Crippen MR) is 179 cm³/mol. The van der Waals surface area contributed by atoms with Crippen molar-refractivity contribution in [3.63, 3.8) is 0 Å². The van der Waals surface area contributed by atoms with E-state index in [2.05, 4.69) is 54.0 Å². The highest BCUT2D eigenvalue weighted by molar-refractivity contribution is 5.82. The third-order valence-corrected chi connectivity index (χ3v) is 9.32. The molecular formula is C38H54N2O6. The Balaban J connectivity index is 1.31. The number of amides is 2. The van der Waals surface area contributed by atoms with Crippen LogP contribution in [0.3, 0.4) is 0 Å². The predicted octanol–water partition coefficient (Wildman–Crippen LogP) is 6.47. The van der Waals surface area contributed by atoms with Crippen molar-refractivity contribution >= 4 is 17.8 Å². The van der Waals surface area contributed by atoms with E-state index in [1.54, 1.807) is 13.8 Å². The van der Waals surface area contributed by atoms with Crippen LogP contribution in [0.5, 0.6) is 0 Å². The molecule has 1 saturated carbocycles. The normalized spacial score (nSPS) is 23.5. The van der Waals surface area contributed by atoms with E-state index in [4.69, 9.17) is 14.2 Å². The van der Waals surface area contributed by atoms with Crippen LogP contribution in [0.15, 0.2) is 60.7 Å². The summed E-state index contributed by atoms with van der Waals surface area (Å²) in [5.41, 5.74) is 2.02. The van der Waals surface area contributed by atoms with E-state index in [-0.39, 0.29) is 54.7 Å². The number of hydrogen-bond donors (Lipinski definition) is 2. The fraction of sp³-hybridized carbons (Fsp3) is 0.605. The topological polar surface area (TPSA) is 103 Å². The summed E-state index contributed by atoms with van der Waals surface area (Å²) in [7, 11) is 0. The van der Waals surface area contributed by atoms with Crippen LogP contribution < -0.4 is 10.6 Å². The van der Waals surface area contributed by atoms with Gasteiger partial charge in [0.1, 0.15) is 12.2 Å². The van der Waals surface area contributed by atoms with E-state index in [0.717, 1.165) is 44.9 Å². The van der Waals surface area contributed by atoms with Crippen LogP contribution in [-0.2, 0) is 35.0 Å². The van der Waals surface area contributed by atoms with Gasteiger partial charge in [0.2, 0.25) is 11.8 Å². The Kier molecular flexibility index (Phi) is 12.8. The van der Waals surface area contributed by atoms with Crippen LogP contribution in [0.25, 0.3) is 0 Å². The Hall–Kier alpha value is -3.23. The average molecular weight is 635 g/mol. The summed E-state index contributed by atoms with van der Waals surface area (Å²) in [4.78, 5) is 39.7. The van der Waals surface area contributed by atoms with Crippen molar-refractivity contribution in [3.8, 4) is 0 Å². The third kappa shape index (κ3) is 10.7. The van der Waals surface area contributed by atoms with Crippen molar-refractivity contribution in [1.82, 2.24) is 10.6 Å². The van der Waals surface area contributed by atoms with Crippen LogP contribution >= 0.6 is 0 Å². The summed E-state index contributed by atoms with van der Waals surface area (Å²) in [5, 5.41) is 6.14. The lowest BCUT2D eigenvalue weighted by Crippen LogP contribution is -2.56. The largest absolute Gasteiger partial charge is 0.460 e. The first kappa shape index (κ1) is 35.6. The number of nitrogens with one attached hydrogen (secondary N) is 2. The van der Waals surface area contributed by atoms with Gasteiger partial charge in [-0.25, -0.2) is 0 Å². The van der Waals surface area contributed by atoms with Gasteiger partial charge in [0, 0.05) is 17.9 Å². The van der Waals surface area contributed by atoms with Crippen LogP contribution in [0.4, 0.5) is 0 Å². The standard InChI is InChI=1S/C38H54N2O6/c1-27(29-18-10-7-11-19-29)25-30(20-14-17-28-15-8-6-9-16-28)35(42)40-31-21-12-13-22-32(31)45-33(41)23-24-39-36(43)34-37(2,3)26-44-38(4,5)46-34/h6-11,15-16,18-19,27,30-32,34H,12-14,17,20-26H2,1-5H3,(H,39,43)(H,40,42)/t27?,30?,31-,32-,34?/m0/s1. The monoisotopic (exact) mass is 634 g/mol. The maximum atomic E-state index is 13.8. The lowest BCUT2D eigenvalue weighted by atomic mass is 9.85. The van der Waals surface area contributed by atoms with Gasteiger partial charge in [-0.3, -0.25) is 14.4 Å². The van der Waals surface area contributed by atoms with Crippen molar-refractivity contribution in [2.45, 2.75) is 122 Å². The highest BCUT2D eigenvalue weighted by Gasteiger charge is 2.45. The van der Waals surface area contributed by atoms with E-state index in [1.807, 2.05) is 38.1 Å². The third-order valence-electron chi connectivity index (χ3n) is 9.32. The number of carbonyl (C=O) groups is 3. The molecule has 2 aromatic rings. The zero-order chi connectivity index (χ0) is 33.2. The number of hydrogen-bond acceptors (Lipinski definition) is 6. The summed E-state index contributed by atoms with van der Waals surface area (Å²) in [6.07, 6.45) is 5.79. The first-order valence-electron chi connectivity index (χ1n) is 17.1. The molecule has 8 heteroatoms. The lowest BCUT2D eigenvalue weighted by molar-refractivity contribution is -0.304. The molecule has 2 aliphatic rings. The van der Waals surface area contributed by atoms with Crippen LogP contribution in [0.2, 0.25) is 0 Å². The first-order valence-corrected chi connectivity index (χ1v) is 17.1. The second kappa shape index (κ2) is 16.6. The molecule has 2 aromatic carbocycles. The van der Waals surface area contributed by atoms with E-state index < -0.39 is 17.3 Å². The van der Waals surface area contributed by atoms with Crippen molar-refractivity contribution in [2.75, 3.05) is 13.2 Å². The molecule has 0 spiro atoms. The van der Waals surface area contributed by atoms with Gasteiger partial charge in [-0.15, -0.1) is 0 Å². The van der Waals surface area contributed by atoms with Gasteiger partial charge in [0.05, 0.1) is 19.1 Å². The number of aryl methyl sites for hydroxylation is 1. The fourth-order valence-corrected chi connectivity index (χ4v) is 6.53. The molecule has 3 unspecified atom stereocenters. The maximum absolute atomic E-state index is 13.8. The molecule has 2 N–H and O–H groups in total. The average Bonchev–Trinajstić information content (AvgIpc) is 3.03. The maximum Gasteiger partial charge on any atom is 0.307 e. The number of ether oxygens (including phenoxy) is 3. The van der Waals surface area contributed by atoms with Gasteiger partial charge in [-0.05, 0) is 75.8 Å². The van der Waals surface area contributed by atoms with Gasteiger partial charge in [-0.1, -0.05) is 87.9 Å². The Labute approximate surface area is 275 Å². The SMILES string of the molecule is CC(CC(CCCc1ccccc1)C(=O)N[C@H]1CCCC[C@@H]1OC(=O)CCNC(=O)C1OC(C)(C)OCC1(C)C)c1ccccc1. The molecule has 1 saturated heterocycles. The van der Waals surface area contributed by atoms with Crippen molar-refractivity contribution < 1.29 is 28.6 Å². The molecule has 2 fully saturated rings. The molecule has 8 nitrogen and oxygen atoms in total. The van der Waals surface area contributed by atoms with Crippen molar-refractivity contribution in [1.29, 1.82) is 0 Å². The van der Waals surface area contributed by atoms with Gasteiger partial charge in [0.25, 0.3) is 0 Å². The molecule has 0 bridgehead atoms. The molecule has 4 rings (SSSR count). The van der Waals surface area contributed by atoms with Crippen LogP contribution in [0.1, 0.15) is 103 Å². The van der Waals surface area contributed by atoms with Crippen molar-refractivity contribution in [2.24, 2.45) is 11.3 Å². The summed E-state index contributed by atoms with van der Waals surface area (Å²) in [6.45, 7) is 10.2. The Morgan fingerprint density at radius 1 is 0.957 bits per heavy atom. The zero-order valence-corrected chi connectivity index (χ0v) is 28.4. The minimum Gasteiger partial charge on any atom is -0.460 e. The van der Waals surface area contributed by atoms with Gasteiger partial charge in [0.15, 0.2) is 5.79 Å². The number of carbonyl (C=O) groups excluding carboxylic acids is 3. The molecule has 0 aromatic heterocycles. The summed E-state index contributed by atoms with van der Waals surface area (Å²) < 4.78 is 17.5.